The van der Waals surface area contributed by atoms with Crippen molar-refractivity contribution in [3.63, 3.8) is 0 Å². The number of amides is 2. The molecule has 4 aromatic carbocycles. The van der Waals surface area contributed by atoms with Gasteiger partial charge in [-0.05, 0) is 33.4 Å². The predicted octanol–water partition coefficient (Wildman–Crippen LogP) is 6.25. The van der Waals surface area contributed by atoms with Crippen molar-refractivity contribution < 1.29 is 24.2 Å². The number of rotatable bonds is 13. The summed E-state index contributed by atoms with van der Waals surface area (Å²) in [7, 11) is 0. The van der Waals surface area contributed by atoms with E-state index in [1.54, 1.807) is 0 Å². The third kappa shape index (κ3) is 8.43. The van der Waals surface area contributed by atoms with Crippen molar-refractivity contribution in [2.75, 3.05) is 13.1 Å². The molecule has 218 valence electrons. The van der Waals surface area contributed by atoms with E-state index in [1.165, 1.54) is 4.90 Å². The van der Waals surface area contributed by atoms with E-state index in [9.17, 15) is 19.5 Å². The minimum absolute atomic E-state index is 0.00357. The molecular formula is C35H38N2O5. The Labute approximate surface area is 247 Å². The molecule has 2 amide bonds. The number of aliphatic carboxylic acids is 1. The van der Waals surface area contributed by atoms with Gasteiger partial charge in [-0.3, -0.25) is 4.79 Å². The van der Waals surface area contributed by atoms with Crippen LogP contribution in [0, 0.1) is 5.92 Å². The van der Waals surface area contributed by atoms with Crippen LogP contribution in [0.25, 0.3) is 10.8 Å². The highest BCUT2D eigenvalue weighted by atomic mass is 16.5. The highest BCUT2D eigenvalue weighted by molar-refractivity contribution is 5.88. The van der Waals surface area contributed by atoms with Gasteiger partial charge in [-0.25, -0.2) is 9.59 Å². The molecule has 2 N–H and O–H groups in total. The first kappa shape index (κ1) is 30.3. The molecule has 42 heavy (non-hydrogen) atoms. The number of carbonyl (C=O) groups is 3. The number of carboxylic acids is 1. The summed E-state index contributed by atoms with van der Waals surface area (Å²) < 4.78 is 5.40. The molecule has 0 unspecified atom stereocenters. The second-order valence-electron chi connectivity index (χ2n) is 11.1. The molecule has 0 fully saturated rings. The molecule has 0 saturated heterocycles. The minimum Gasteiger partial charge on any atom is -0.479 e. The molecule has 7 heteroatoms. The fourth-order valence-electron chi connectivity index (χ4n) is 5.03. The standard InChI is InChI=1S/C35H38N2O5/c1-26(2)24-37(20-19-32(38)42-25-28-13-7-4-8-14-28)34(41)36-35(33(39)40,22-27-11-5-3-6-12-27)23-29-17-18-30-15-9-10-16-31(30)21-29/h3-18,21,26H,19-20,22-25H2,1-2H3,(H,36,41)(H,39,40)/t35-/m0/s1. The zero-order valence-corrected chi connectivity index (χ0v) is 24.2. The Morgan fingerprint density at radius 1 is 0.786 bits per heavy atom. The Bertz CT molecular complexity index is 1490. The smallest absolute Gasteiger partial charge is 0.330 e. The van der Waals surface area contributed by atoms with Gasteiger partial charge in [-0.15, -0.1) is 0 Å². The number of hydrogen-bond donors (Lipinski definition) is 2. The summed E-state index contributed by atoms with van der Waals surface area (Å²) in [5.74, 6) is -1.45. The largest absolute Gasteiger partial charge is 0.479 e. The van der Waals surface area contributed by atoms with Crippen molar-refractivity contribution in [2.24, 2.45) is 5.92 Å². The fourth-order valence-corrected chi connectivity index (χ4v) is 5.03. The van der Waals surface area contributed by atoms with Crippen LogP contribution < -0.4 is 5.32 Å². The molecule has 0 aliphatic heterocycles. The van der Waals surface area contributed by atoms with Crippen LogP contribution in [0.1, 0.15) is 37.0 Å². The summed E-state index contributed by atoms with van der Waals surface area (Å²) in [5.41, 5.74) is 0.848. The first-order valence-corrected chi connectivity index (χ1v) is 14.3. The summed E-state index contributed by atoms with van der Waals surface area (Å²) in [5, 5.41) is 15.6. The van der Waals surface area contributed by atoms with Crippen molar-refractivity contribution in [2.45, 2.75) is 45.3 Å². The Morgan fingerprint density at radius 3 is 2.02 bits per heavy atom. The molecule has 1 atom stereocenters. The number of fused-ring (bicyclic) bond motifs is 1. The number of benzene rings is 4. The number of ether oxygens (including phenoxy) is 1. The molecule has 0 aliphatic carbocycles. The van der Waals surface area contributed by atoms with E-state index in [-0.39, 0.29) is 38.3 Å². The average molecular weight is 567 g/mol. The topological polar surface area (TPSA) is 95.9 Å². The van der Waals surface area contributed by atoms with E-state index in [0.29, 0.717) is 6.54 Å². The molecule has 0 aromatic heterocycles. The monoisotopic (exact) mass is 566 g/mol. The number of urea groups is 1. The summed E-state index contributed by atoms with van der Waals surface area (Å²) in [6, 6.07) is 31.9. The molecule has 0 heterocycles. The Morgan fingerprint density at radius 2 is 1.38 bits per heavy atom. The van der Waals surface area contributed by atoms with E-state index in [0.717, 1.165) is 27.5 Å². The quantitative estimate of drug-likeness (QED) is 0.187. The molecule has 0 saturated carbocycles. The van der Waals surface area contributed by atoms with Crippen LogP contribution in [-0.2, 0) is 33.8 Å². The van der Waals surface area contributed by atoms with Gasteiger partial charge in [0.15, 0.2) is 0 Å². The lowest BCUT2D eigenvalue weighted by molar-refractivity contribution is -0.146. The number of hydrogen-bond acceptors (Lipinski definition) is 4. The zero-order chi connectivity index (χ0) is 30.0. The third-order valence-electron chi connectivity index (χ3n) is 7.13. The lowest BCUT2D eigenvalue weighted by atomic mass is 9.84. The fraction of sp³-hybridized carbons (Fsp3) is 0.286. The van der Waals surface area contributed by atoms with E-state index >= 15 is 0 Å². The van der Waals surface area contributed by atoms with Crippen molar-refractivity contribution in [3.05, 3.63) is 120 Å². The van der Waals surface area contributed by atoms with Crippen LogP contribution in [0.15, 0.2) is 103 Å². The van der Waals surface area contributed by atoms with Crippen LogP contribution in [0.4, 0.5) is 4.79 Å². The van der Waals surface area contributed by atoms with Gasteiger partial charge in [0, 0.05) is 25.9 Å². The van der Waals surface area contributed by atoms with E-state index < -0.39 is 23.5 Å². The molecule has 7 nitrogen and oxygen atoms in total. The summed E-state index contributed by atoms with van der Waals surface area (Å²) >= 11 is 0. The van der Waals surface area contributed by atoms with Crippen LogP contribution in [0.3, 0.4) is 0 Å². The molecule has 0 bridgehead atoms. The lowest BCUT2D eigenvalue weighted by Crippen LogP contribution is -2.61. The maximum absolute atomic E-state index is 13.8. The summed E-state index contributed by atoms with van der Waals surface area (Å²) in [4.78, 5) is 40.9. The van der Waals surface area contributed by atoms with Crippen molar-refractivity contribution in [1.82, 2.24) is 10.2 Å². The van der Waals surface area contributed by atoms with Crippen LogP contribution >= 0.6 is 0 Å². The number of nitrogens with zero attached hydrogens (tertiary/aromatic N) is 1. The Balaban J connectivity index is 1.55. The Hall–Kier alpha value is -4.65. The van der Waals surface area contributed by atoms with E-state index in [4.69, 9.17) is 4.74 Å². The maximum atomic E-state index is 13.8. The number of esters is 1. The normalized spacial score (nSPS) is 12.5. The molecule has 0 radical (unpaired) electrons. The summed E-state index contributed by atoms with van der Waals surface area (Å²) in [6.45, 7) is 4.56. The van der Waals surface area contributed by atoms with Crippen molar-refractivity contribution in [1.29, 1.82) is 0 Å². The van der Waals surface area contributed by atoms with Gasteiger partial charge in [0.2, 0.25) is 0 Å². The molecule has 0 aliphatic rings. The van der Waals surface area contributed by atoms with Crippen molar-refractivity contribution in [3.8, 4) is 0 Å². The minimum atomic E-state index is -1.62. The number of carbonyl (C=O) groups excluding carboxylic acids is 2. The van der Waals surface area contributed by atoms with Gasteiger partial charge in [0.05, 0.1) is 6.42 Å². The van der Waals surface area contributed by atoms with Gasteiger partial charge in [0.1, 0.15) is 12.1 Å². The SMILES string of the molecule is CC(C)CN(CCC(=O)OCc1ccccc1)C(=O)N[C@@](Cc1ccccc1)(Cc1ccc2ccccc2c1)C(=O)O. The van der Waals surface area contributed by atoms with Gasteiger partial charge < -0.3 is 20.1 Å². The maximum Gasteiger partial charge on any atom is 0.330 e. The number of nitrogens with one attached hydrogen (secondary N) is 1. The van der Waals surface area contributed by atoms with Gasteiger partial charge in [-0.2, -0.15) is 0 Å². The number of carboxylic acid groups (broad SMARTS) is 1. The highest BCUT2D eigenvalue weighted by Gasteiger charge is 2.41. The zero-order valence-electron chi connectivity index (χ0n) is 24.2. The van der Waals surface area contributed by atoms with Gasteiger partial charge in [0.25, 0.3) is 0 Å². The first-order valence-electron chi connectivity index (χ1n) is 14.3. The second-order valence-corrected chi connectivity index (χ2v) is 11.1. The molecule has 4 rings (SSSR count). The summed E-state index contributed by atoms with van der Waals surface area (Å²) in [6.07, 6.45) is 0.176. The van der Waals surface area contributed by atoms with Crippen molar-refractivity contribution >= 4 is 28.7 Å². The van der Waals surface area contributed by atoms with E-state index in [2.05, 4.69) is 5.32 Å². The van der Waals surface area contributed by atoms with Crippen LogP contribution in [0.2, 0.25) is 0 Å². The molecule has 4 aromatic rings. The van der Waals surface area contributed by atoms with Gasteiger partial charge in [-0.1, -0.05) is 117 Å². The average Bonchev–Trinajstić information content (AvgIpc) is 2.98. The van der Waals surface area contributed by atoms with Crippen LogP contribution in [0.5, 0.6) is 0 Å². The third-order valence-corrected chi connectivity index (χ3v) is 7.13. The lowest BCUT2D eigenvalue weighted by Gasteiger charge is -2.34. The molecule has 0 spiro atoms. The molecular weight excluding hydrogens is 528 g/mol. The predicted molar refractivity (Wildman–Crippen MR) is 164 cm³/mol. The Kier molecular flexibility index (Phi) is 10.3. The first-order chi connectivity index (χ1) is 20.2. The van der Waals surface area contributed by atoms with Crippen LogP contribution in [-0.4, -0.2) is 46.6 Å². The highest BCUT2D eigenvalue weighted by Crippen LogP contribution is 2.24. The second kappa shape index (κ2) is 14.3. The van der Waals surface area contributed by atoms with Gasteiger partial charge >= 0.3 is 18.0 Å². The van der Waals surface area contributed by atoms with E-state index in [1.807, 2.05) is 117 Å².